The smallest absolute Gasteiger partial charge is 0.152 e. The van der Waals surface area contributed by atoms with E-state index in [4.69, 9.17) is 0 Å². The Balaban J connectivity index is 2.10. The van der Waals surface area contributed by atoms with Crippen LogP contribution in [0.3, 0.4) is 0 Å². The van der Waals surface area contributed by atoms with E-state index in [9.17, 15) is 14.8 Å². The molecular weight excluding hydrogens is 307 g/mol. The lowest BCUT2D eigenvalue weighted by molar-refractivity contribution is 0.474. The Morgan fingerprint density at radius 3 is 2.62 bits per heavy atom. The Morgan fingerprint density at radius 1 is 1.12 bits per heavy atom. The van der Waals surface area contributed by atoms with Gasteiger partial charge in [-0.3, -0.25) is 9.97 Å². The number of nitrogens with zero attached hydrogens (tertiary/aromatic N) is 4. The normalized spacial score (nSPS) is 11.1. The van der Waals surface area contributed by atoms with Crippen molar-refractivity contribution < 1.29 is 9.50 Å². The largest absolute Gasteiger partial charge is 0.505 e. The van der Waals surface area contributed by atoms with Gasteiger partial charge in [-0.1, -0.05) is 6.07 Å². The molecule has 6 heteroatoms. The van der Waals surface area contributed by atoms with Gasteiger partial charge >= 0.3 is 0 Å². The lowest BCUT2D eigenvalue weighted by Gasteiger charge is -2.07. The van der Waals surface area contributed by atoms with Gasteiger partial charge in [0.05, 0.1) is 11.3 Å². The molecule has 0 aliphatic carbocycles. The quantitative estimate of drug-likeness (QED) is 0.748. The van der Waals surface area contributed by atoms with Crippen LogP contribution in [0.5, 0.6) is 5.75 Å². The number of pyridine rings is 2. The van der Waals surface area contributed by atoms with Gasteiger partial charge in [-0.25, -0.2) is 9.38 Å². The molecular formula is C18H11FN4O. The zero-order valence-electron chi connectivity index (χ0n) is 12.4. The molecule has 0 fully saturated rings. The molecule has 0 amide bonds. The van der Waals surface area contributed by atoms with Crippen molar-refractivity contribution in [1.82, 2.24) is 9.97 Å². The number of aliphatic imine (C=N–C) groups is 1. The summed E-state index contributed by atoms with van der Waals surface area (Å²) < 4.78 is 13.3. The third-order valence-corrected chi connectivity index (χ3v) is 3.29. The second-order valence-corrected chi connectivity index (χ2v) is 4.84. The average molecular weight is 318 g/mol. The third kappa shape index (κ3) is 3.10. The number of rotatable bonds is 3. The third-order valence-electron chi connectivity index (χ3n) is 3.29. The Kier molecular flexibility index (Phi) is 4.25. The van der Waals surface area contributed by atoms with Crippen LogP contribution in [0.25, 0.3) is 11.3 Å². The maximum Gasteiger partial charge on any atom is 0.152 e. The fraction of sp³-hybridized carbons (Fsp3) is 0. The summed E-state index contributed by atoms with van der Waals surface area (Å²) in [6, 6.07) is 12.4. The van der Waals surface area contributed by atoms with Crippen LogP contribution >= 0.6 is 0 Å². The zero-order valence-corrected chi connectivity index (χ0v) is 12.4. The summed E-state index contributed by atoms with van der Waals surface area (Å²) in [7, 11) is 0. The van der Waals surface area contributed by atoms with Gasteiger partial charge in [0, 0.05) is 24.2 Å². The Hall–Kier alpha value is -3.59. The van der Waals surface area contributed by atoms with Crippen LogP contribution in [0.15, 0.2) is 66.0 Å². The molecule has 0 spiro atoms. The first kappa shape index (κ1) is 15.3. The highest BCUT2D eigenvalue weighted by atomic mass is 19.1. The van der Waals surface area contributed by atoms with Crippen LogP contribution < -0.4 is 0 Å². The van der Waals surface area contributed by atoms with Crippen molar-refractivity contribution >= 4 is 11.4 Å². The molecule has 0 aliphatic rings. The molecule has 116 valence electrons. The molecule has 0 unspecified atom stereocenters. The topological polar surface area (TPSA) is 82.2 Å². The fourth-order valence-corrected chi connectivity index (χ4v) is 2.19. The molecule has 0 saturated carbocycles. The van der Waals surface area contributed by atoms with E-state index in [1.807, 2.05) is 6.07 Å². The summed E-state index contributed by atoms with van der Waals surface area (Å²) in [5, 5.41) is 19.9. The SMILES string of the molecule is N#CC(=Nc1cccc(F)c1)c1ccnc(-c2ccncc2)c1O. The van der Waals surface area contributed by atoms with Crippen LogP contribution in [0.2, 0.25) is 0 Å². The van der Waals surface area contributed by atoms with E-state index in [0.717, 1.165) is 0 Å². The van der Waals surface area contributed by atoms with Gasteiger partial charge in [0.2, 0.25) is 0 Å². The van der Waals surface area contributed by atoms with Crippen LogP contribution in [0.4, 0.5) is 10.1 Å². The molecule has 3 aromatic rings. The molecule has 3 rings (SSSR count). The Labute approximate surface area is 137 Å². The zero-order chi connectivity index (χ0) is 16.9. The number of hydrogen-bond acceptors (Lipinski definition) is 5. The lowest BCUT2D eigenvalue weighted by Crippen LogP contribution is -2.00. The fourth-order valence-electron chi connectivity index (χ4n) is 2.19. The van der Waals surface area contributed by atoms with Gasteiger partial charge in [0.15, 0.2) is 11.5 Å². The number of aromatic nitrogens is 2. The van der Waals surface area contributed by atoms with Crippen molar-refractivity contribution in [2.24, 2.45) is 4.99 Å². The van der Waals surface area contributed by atoms with Crippen molar-refractivity contribution in [2.75, 3.05) is 0 Å². The molecule has 5 nitrogen and oxygen atoms in total. The van der Waals surface area contributed by atoms with Crippen LogP contribution in [-0.2, 0) is 0 Å². The minimum Gasteiger partial charge on any atom is -0.505 e. The molecule has 2 heterocycles. The monoisotopic (exact) mass is 318 g/mol. The highest BCUT2D eigenvalue weighted by molar-refractivity contribution is 6.15. The molecule has 2 aromatic heterocycles. The maximum atomic E-state index is 13.3. The van der Waals surface area contributed by atoms with E-state index in [0.29, 0.717) is 11.3 Å². The minimum atomic E-state index is -0.454. The van der Waals surface area contributed by atoms with Gasteiger partial charge in [-0.2, -0.15) is 5.26 Å². The predicted molar refractivity (Wildman–Crippen MR) is 87.3 cm³/mol. The van der Waals surface area contributed by atoms with E-state index in [-0.39, 0.29) is 22.7 Å². The second-order valence-electron chi connectivity index (χ2n) is 4.84. The van der Waals surface area contributed by atoms with Crippen molar-refractivity contribution in [2.45, 2.75) is 0 Å². The maximum absolute atomic E-state index is 13.3. The Bertz CT molecular complexity index is 949. The summed E-state index contributed by atoms with van der Waals surface area (Å²) in [4.78, 5) is 12.2. The summed E-state index contributed by atoms with van der Waals surface area (Å²) in [5.41, 5.74) is 1.46. The van der Waals surface area contributed by atoms with Gasteiger partial charge in [-0.15, -0.1) is 0 Å². The molecule has 1 aromatic carbocycles. The van der Waals surface area contributed by atoms with Crippen molar-refractivity contribution in [1.29, 1.82) is 5.26 Å². The average Bonchev–Trinajstić information content (AvgIpc) is 2.61. The molecule has 0 atom stereocenters. The van der Waals surface area contributed by atoms with Gasteiger partial charge in [-0.05, 0) is 36.4 Å². The first-order valence-corrected chi connectivity index (χ1v) is 7.02. The highest BCUT2D eigenvalue weighted by Crippen LogP contribution is 2.30. The van der Waals surface area contributed by atoms with Crippen molar-refractivity contribution in [3.05, 3.63) is 72.4 Å². The van der Waals surface area contributed by atoms with E-state index in [2.05, 4.69) is 15.0 Å². The number of aromatic hydroxyl groups is 1. The minimum absolute atomic E-state index is 0.0317. The summed E-state index contributed by atoms with van der Waals surface area (Å²) in [5.74, 6) is -0.620. The van der Waals surface area contributed by atoms with E-state index >= 15 is 0 Å². The van der Waals surface area contributed by atoms with Gasteiger partial charge < -0.3 is 5.11 Å². The molecule has 0 aliphatic heterocycles. The van der Waals surface area contributed by atoms with Crippen LogP contribution in [0.1, 0.15) is 5.56 Å². The number of halogens is 1. The summed E-state index contributed by atoms with van der Waals surface area (Å²) in [6.45, 7) is 0. The summed E-state index contributed by atoms with van der Waals surface area (Å²) in [6.07, 6.45) is 4.63. The Morgan fingerprint density at radius 2 is 1.92 bits per heavy atom. The number of hydrogen-bond donors (Lipinski definition) is 1. The summed E-state index contributed by atoms with van der Waals surface area (Å²) >= 11 is 0. The number of benzene rings is 1. The lowest BCUT2D eigenvalue weighted by atomic mass is 10.1. The molecule has 0 saturated heterocycles. The molecule has 0 bridgehead atoms. The first-order chi connectivity index (χ1) is 11.7. The highest BCUT2D eigenvalue weighted by Gasteiger charge is 2.15. The van der Waals surface area contributed by atoms with E-state index < -0.39 is 5.82 Å². The van der Waals surface area contributed by atoms with Crippen molar-refractivity contribution in [3.63, 3.8) is 0 Å². The number of nitriles is 1. The van der Waals surface area contributed by atoms with Gasteiger partial charge in [0.25, 0.3) is 0 Å². The van der Waals surface area contributed by atoms with Crippen LogP contribution in [-0.4, -0.2) is 20.8 Å². The molecule has 1 N–H and O–H groups in total. The predicted octanol–water partition coefficient (Wildman–Crippen LogP) is 3.63. The first-order valence-electron chi connectivity index (χ1n) is 7.02. The van der Waals surface area contributed by atoms with Crippen LogP contribution in [0, 0.1) is 17.1 Å². The van der Waals surface area contributed by atoms with E-state index in [1.54, 1.807) is 30.6 Å². The molecule has 0 radical (unpaired) electrons. The second kappa shape index (κ2) is 6.67. The van der Waals surface area contributed by atoms with E-state index in [1.165, 1.54) is 30.5 Å². The standard InChI is InChI=1S/C18H11FN4O/c19-13-2-1-3-14(10-13)23-16(11-20)15-6-9-22-17(18(15)24)12-4-7-21-8-5-12/h1-10,24H. The van der Waals surface area contributed by atoms with Crippen molar-refractivity contribution in [3.8, 4) is 23.1 Å². The van der Waals surface area contributed by atoms with Gasteiger partial charge in [0.1, 0.15) is 17.6 Å². The molecule has 24 heavy (non-hydrogen) atoms.